The lowest BCUT2D eigenvalue weighted by Crippen LogP contribution is -2.20. The van der Waals surface area contributed by atoms with Crippen LogP contribution in [0.2, 0.25) is 0 Å². The highest BCUT2D eigenvalue weighted by atomic mass is 16.6. The van der Waals surface area contributed by atoms with Crippen molar-refractivity contribution in [3.63, 3.8) is 0 Å². The molecular formula is C21H17N3O5. The van der Waals surface area contributed by atoms with E-state index in [0.717, 1.165) is 10.9 Å². The summed E-state index contributed by atoms with van der Waals surface area (Å²) in [5, 5.41) is 14.4. The second kappa shape index (κ2) is 8.75. The molecule has 8 heteroatoms. The van der Waals surface area contributed by atoms with Gasteiger partial charge in [-0.3, -0.25) is 14.9 Å². The third-order valence-corrected chi connectivity index (χ3v) is 4.13. The predicted octanol–water partition coefficient (Wildman–Crippen LogP) is 3.65. The van der Waals surface area contributed by atoms with Gasteiger partial charge in [0, 0.05) is 17.5 Å². The zero-order valence-electron chi connectivity index (χ0n) is 15.5. The number of nitro groups is 1. The molecule has 3 aromatic rings. The molecule has 0 spiro atoms. The molecule has 0 bridgehead atoms. The first-order valence-electron chi connectivity index (χ1n) is 8.68. The summed E-state index contributed by atoms with van der Waals surface area (Å²) < 4.78 is 4.90. The number of hydrogen-bond acceptors (Lipinski definition) is 6. The number of anilines is 1. The highest BCUT2D eigenvalue weighted by Gasteiger charge is 2.15. The van der Waals surface area contributed by atoms with Crippen LogP contribution in [0.5, 0.6) is 0 Å². The molecule has 0 unspecified atom stereocenters. The molecule has 0 radical (unpaired) electrons. The summed E-state index contributed by atoms with van der Waals surface area (Å²) in [7, 11) is 0. The monoisotopic (exact) mass is 391 g/mol. The summed E-state index contributed by atoms with van der Waals surface area (Å²) in [6.45, 7) is 1.01. The van der Waals surface area contributed by atoms with Gasteiger partial charge in [0.25, 0.3) is 11.6 Å². The second-order valence-electron chi connectivity index (χ2n) is 6.12. The fourth-order valence-corrected chi connectivity index (χ4v) is 2.66. The fourth-order valence-electron chi connectivity index (χ4n) is 2.66. The van der Waals surface area contributed by atoms with Crippen LogP contribution < -0.4 is 5.32 Å². The van der Waals surface area contributed by atoms with Crippen LogP contribution in [-0.4, -0.2) is 28.4 Å². The van der Waals surface area contributed by atoms with E-state index in [1.165, 1.54) is 37.3 Å². The molecule has 146 valence electrons. The van der Waals surface area contributed by atoms with Gasteiger partial charge in [0.1, 0.15) is 0 Å². The van der Waals surface area contributed by atoms with Gasteiger partial charge in [0.15, 0.2) is 6.61 Å². The van der Waals surface area contributed by atoms with Crippen LogP contribution in [-0.2, 0) is 14.3 Å². The van der Waals surface area contributed by atoms with Crippen molar-refractivity contribution in [2.24, 2.45) is 0 Å². The maximum atomic E-state index is 12.0. The van der Waals surface area contributed by atoms with E-state index >= 15 is 0 Å². The van der Waals surface area contributed by atoms with Gasteiger partial charge in [0.2, 0.25) is 0 Å². The zero-order valence-corrected chi connectivity index (χ0v) is 15.5. The van der Waals surface area contributed by atoms with E-state index < -0.39 is 23.4 Å². The third kappa shape index (κ3) is 5.01. The minimum atomic E-state index is -0.703. The number of fused-ring (bicyclic) bond motifs is 1. The Bertz CT molecular complexity index is 1120. The van der Waals surface area contributed by atoms with Crippen molar-refractivity contribution in [1.29, 1.82) is 0 Å². The Labute approximate surface area is 166 Å². The molecule has 1 heterocycles. The largest absolute Gasteiger partial charge is 0.452 e. The van der Waals surface area contributed by atoms with Crippen molar-refractivity contribution < 1.29 is 19.2 Å². The number of pyridine rings is 1. The smallest absolute Gasteiger partial charge is 0.331 e. The Hall–Kier alpha value is -4.07. The van der Waals surface area contributed by atoms with Gasteiger partial charge in [-0.05, 0) is 31.2 Å². The number of nitrogens with zero attached hydrogens (tertiary/aromatic N) is 2. The molecule has 0 saturated heterocycles. The minimum absolute atomic E-state index is 0.106. The van der Waals surface area contributed by atoms with E-state index in [1.807, 2.05) is 30.3 Å². The van der Waals surface area contributed by atoms with Gasteiger partial charge in [-0.15, -0.1) is 0 Å². The van der Waals surface area contributed by atoms with Crippen LogP contribution in [0.1, 0.15) is 11.3 Å². The van der Waals surface area contributed by atoms with Crippen LogP contribution >= 0.6 is 0 Å². The molecule has 0 aliphatic rings. The fraction of sp³-hybridized carbons (Fsp3) is 0.0952. The third-order valence-electron chi connectivity index (χ3n) is 4.13. The summed E-state index contributed by atoms with van der Waals surface area (Å²) in [5.74, 6) is -1.30. The normalized spacial score (nSPS) is 10.8. The van der Waals surface area contributed by atoms with Gasteiger partial charge >= 0.3 is 5.97 Å². The Morgan fingerprint density at radius 1 is 1.14 bits per heavy atom. The lowest BCUT2D eigenvalue weighted by atomic mass is 10.1. The van der Waals surface area contributed by atoms with Gasteiger partial charge in [-0.1, -0.05) is 30.3 Å². The average molecular weight is 391 g/mol. The van der Waals surface area contributed by atoms with Crippen LogP contribution in [0.3, 0.4) is 0 Å². The van der Waals surface area contributed by atoms with Gasteiger partial charge in [-0.2, -0.15) is 0 Å². The van der Waals surface area contributed by atoms with Gasteiger partial charge in [-0.25, -0.2) is 9.78 Å². The number of hydrogen-bond donors (Lipinski definition) is 1. The van der Waals surface area contributed by atoms with E-state index in [9.17, 15) is 19.7 Å². The van der Waals surface area contributed by atoms with Crippen molar-refractivity contribution >= 4 is 40.2 Å². The minimum Gasteiger partial charge on any atom is -0.452 e. The molecule has 0 atom stereocenters. The number of para-hydroxylation sites is 1. The zero-order chi connectivity index (χ0) is 20.8. The summed E-state index contributed by atoms with van der Waals surface area (Å²) >= 11 is 0. The topological polar surface area (TPSA) is 111 Å². The first kappa shape index (κ1) is 19.7. The Morgan fingerprint density at radius 3 is 2.72 bits per heavy atom. The molecule has 1 aromatic heterocycles. The predicted molar refractivity (Wildman–Crippen MR) is 108 cm³/mol. The molecule has 0 aliphatic carbocycles. The number of rotatable bonds is 6. The van der Waals surface area contributed by atoms with Crippen LogP contribution in [0.25, 0.3) is 17.0 Å². The molecule has 3 rings (SSSR count). The maximum Gasteiger partial charge on any atom is 0.331 e. The van der Waals surface area contributed by atoms with E-state index in [1.54, 1.807) is 6.07 Å². The molecule has 29 heavy (non-hydrogen) atoms. The lowest BCUT2D eigenvalue weighted by Gasteiger charge is -2.08. The standard InChI is InChI=1S/C21H17N3O5/c1-14-17(7-4-8-19(14)24(27)28)23-20(25)13-29-21(26)12-11-16-10-9-15-5-2-3-6-18(15)22-16/h2-12H,13H2,1H3,(H,23,25)/b12-11+. The van der Waals surface area contributed by atoms with Crippen molar-refractivity contribution in [2.75, 3.05) is 11.9 Å². The van der Waals surface area contributed by atoms with E-state index in [2.05, 4.69) is 10.3 Å². The Morgan fingerprint density at radius 2 is 1.93 bits per heavy atom. The molecular weight excluding hydrogens is 374 g/mol. The second-order valence-corrected chi connectivity index (χ2v) is 6.12. The van der Waals surface area contributed by atoms with Crippen LogP contribution in [0.15, 0.2) is 60.7 Å². The lowest BCUT2D eigenvalue weighted by molar-refractivity contribution is -0.385. The number of esters is 1. The Kier molecular flexibility index (Phi) is 5.94. The quantitative estimate of drug-likeness (QED) is 0.297. The van der Waals surface area contributed by atoms with E-state index in [4.69, 9.17) is 4.74 Å². The molecule has 0 aliphatic heterocycles. The summed E-state index contributed by atoms with van der Waals surface area (Å²) in [6, 6.07) is 15.6. The summed E-state index contributed by atoms with van der Waals surface area (Å²) in [6.07, 6.45) is 2.68. The van der Waals surface area contributed by atoms with Crippen molar-refractivity contribution in [3.8, 4) is 0 Å². The molecule has 2 aromatic carbocycles. The number of amides is 1. The number of nitrogens with one attached hydrogen (secondary N) is 1. The highest BCUT2D eigenvalue weighted by molar-refractivity contribution is 5.95. The van der Waals surface area contributed by atoms with Gasteiger partial charge < -0.3 is 10.1 Å². The maximum absolute atomic E-state index is 12.0. The number of aromatic nitrogens is 1. The summed E-state index contributed by atoms with van der Waals surface area (Å²) in [4.78, 5) is 38.6. The van der Waals surface area contributed by atoms with Crippen molar-refractivity contribution in [3.05, 3.63) is 82.0 Å². The molecule has 8 nitrogen and oxygen atoms in total. The number of nitro benzene ring substituents is 1. The first-order chi connectivity index (χ1) is 13.9. The highest BCUT2D eigenvalue weighted by Crippen LogP contribution is 2.24. The summed E-state index contributed by atoms with van der Waals surface area (Å²) in [5.41, 5.74) is 1.88. The van der Waals surface area contributed by atoms with E-state index in [0.29, 0.717) is 11.3 Å². The van der Waals surface area contributed by atoms with E-state index in [-0.39, 0.29) is 11.4 Å². The van der Waals surface area contributed by atoms with Crippen molar-refractivity contribution in [2.45, 2.75) is 6.92 Å². The van der Waals surface area contributed by atoms with Crippen LogP contribution in [0, 0.1) is 17.0 Å². The molecule has 1 amide bonds. The number of benzene rings is 2. The molecule has 0 fully saturated rings. The first-order valence-corrected chi connectivity index (χ1v) is 8.68. The Balaban J connectivity index is 1.56. The SMILES string of the molecule is Cc1c(NC(=O)COC(=O)/C=C/c2ccc3ccccc3n2)cccc1[N+](=O)[O-]. The molecule has 0 saturated carbocycles. The number of carbonyl (C=O) groups excluding carboxylic acids is 2. The number of ether oxygens (including phenoxy) is 1. The van der Waals surface area contributed by atoms with Crippen LogP contribution in [0.4, 0.5) is 11.4 Å². The molecule has 1 N–H and O–H groups in total. The van der Waals surface area contributed by atoms with Gasteiger partial charge in [0.05, 0.1) is 27.4 Å². The van der Waals surface area contributed by atoms with Crippen molar-refractivity contribution in [1.82, 2.24) is 4.98 Å². The number of carbonyl (C=O) groups is 2. The average Bonchev–Trinajstić information content (AvgIpc) is 2.72.